The molecule has 12 heteroatoms. The van der Waals surface area contributed by atoms with Gasteiger partial charge in [-0.3, -0.25) is 9.78 Å². The van der Waals surface area contributed by atoms with E-state index in [0.717, 1.165) is 22.2 Å². The van der Waals surface area contributed by atoms with Crippen molar-refractivity contribution in [1.29, 1.82) is 0 Å². The van der Waals surface area contributed by atoms with Crippen LogP contribution in [0.2, 0.25) is 0 Å². The summed E-state index contributed by atoms with van der Waals surface area (Å²) in [5.74, 6) is 1.11. The molecule has 1 N–H and O–H groups in total. The highest BCUT2D eigenvalue weighted by Gasteiger charge is 2.17. The van der Waals surface area contributed by atoms with Gasteiger partial charge in [0.2, 0.25) is 11.4 Å². The zero-order valence-corrected chi connectivity index (χ0v) is 20.3. The molecule has 0 fully saturated rings. The minimum absolute atomic E-state index is 0.0796. The molecule has 0 saturated heterocycles. The lowest BCUT2D eigenvalue weighted by molar-refractivity contribution is -0.0504. The van der Waals surface area contributed by atoms with Crippen molar-refractivity contribution in [3.8, 4) is 28.3 Å². The van der Waals surface area contributed by atoms with Crippen molar-refractivity contribution in [3.63, 3.8) is 0 Å². The van der Waals surface area contributed by atoms with E-state index in [2.05, 4.69) is 25.4 Å². The van der Waals surface area contributed by atoms with Crippen LogP contribution in [-0.4, -0.2) is 46.3 Å². The standard InChI is InChI=1S/C27H20F2N8O2/c28-27(29)39-23-4-2-1-3-20(23)15-36-22-13-18(19-6-8-25(38)31-14-19)5-7-21(22)32-24(36)16-37-34-26(33-35-37)17-9-11-30-12-10-17/h1-14,27H,15-16H2,(H,31,38). The first kappa shape index (κ1) is 24.1. The second kappa shape index (κ2) is 10.2. The number of halogens is 2. The number of imidazole rings is 1. The highest BCUT2D eigenvalue weighted by Crippen LogP contribution is 2.28. The van der Waals surface area contributed by atoms with Gasteiger partial charge in [-0.25, -0.2) is 4.98 Å². The van der Waals surface area contributed by atoms with Crippen LogP contribution in [0.5, 0.6) is 5.75 Å². The van der Waals surface area contributed by atoms with Gasteiger partial charge in [0.15, 0.2) is 0 Å². The van der Waals surface area contributed by atoms with Crippen LogP contribution in [-0.2, 0) is 13.1 Å². The molecule has 0 aliphatic carbocycles. The van der Waals surface area contributed by atoms with Gasteiger partial charge in [0.1, 0.15) is 18.1 Å². The number of nitrogens with one attached hydrogen (secondary N) is 1. The summed E-state index contributed by atoms with van der Waals surface area (Å²) in [6, 6.07) is 19.1. The normalized spacial score (nSPS) is 11.4. The molecule has 4 heterocycles. The summed E-state index contributed by atoms with van der Waals surface area (Å²) in [6.45, 7) is -2.57. The van der Waals surface area contributed by atoms with Crippen LogP contribution in [0.15, 0.2) is 90.1 Å². The van der Waals surface area contributed by atoms with E-state index >= 15 is 0 Å². The number of pyridine rings is 2. The summed E-state index contributed by atoms with van der Waals surface area (Å²) in [4.78, 5) is 24.5. The van der Waals surface area contributed by atoms with E-state index in [1.54, 1.807) is 55.0 Å². The molecule has 0 radical (unpaired) electrons. The highest BCUT2D eigenvalue weighted by molar-refractivity contribution is 5.82. The van der Waals surface area contributed by atoms with Crippen LogP contribution >= 0.6 is 0 Å². The van der Waals surface area contributed by atoms with Crippen molar-refractivity contribution >= 4 is 11.0 Å². The van der Waals surface area contributed by atoms with Gasteiger partial charge in [-0.1, -0.05) is 24.3 Å². The molecule has 0 aliphatic heterocycles. The van der Waals surface area contributed by atoms with Gasteiger partial charge >= 0.3 is 6.61 Å². The van der Waals surface area contributed by atoms with Crippen LogP contribution in [0.25, 0.3) is 33.5 Å². The second-order valence-electron chi connectivity index (χ2n) is 8.62. The number of hydrogen-bond acceptors (Lipinski definition) is 7. The van der Waals surface area contributed by atoms with Crippen molar-refractivity contribution in [1.82, 2.24) is 39.7 Å². The number of aromatic nitrogens is 8. The van der Waals surface area contributed by atoms with E-state index in [0.29, 0.717) is 22.7 Å². The number of aromatic amines is 1. The third-order valence-corrected chi connectivity index (χ3v) is 6.14. The number of hydrogen-bond donors (Lipinski definition) is 1. The minimum atomic E-state index is -2.96. The van der Waals surface area contributed by atoms with Gasteiger partial charge in [-0.05, 0) is 52.7 Å². The maximum atomic E-state index is 13.1. The number of fused-ring (bicyclic) bond motifs is 1. The van der Waals surface area contributed by atoms with Gasteiger partial charge in [-0.2, -0.15) is 13.6 Å². The third kappa shape index (κ3) is 5.12. The molecule has 0 aliphatic rings. The Morgan fingerprint density at radius 2 is 1.74 bits per heavy atom. The highest BCUT2D eigenvalue weighted by atomic mass is 19.3. The van der Waals surface area contributed by atoms with Gasteiger partial charge in [0.05, 0.1) is 17.6 Å². The number of H-pyrrole nitrogens is 1. The van der Waals surface area contributed by atoms with E-state index in [-0.39, 0.29) is 24.4 Å². The molecule has 0 saturated carbocycles. The third-order valence-electron chi connectivity index (χ3n) is 6.14. The lowest BCUT2D eigenvalue weighted by Crippen LogP contribution is -2.13. The Bertz CT molecular complexity index is 1790. The Morgan fingerprint density at radius 3 is 2.54 bits per heavy atom. The first-order valence-electron chi connectivity index (χ1n) is 11.9. The molecule has 0 unspecified atom stereocenters. The monoisotopic (exact) mass is 526 g/mol. The summed E-state index contributed by atoms with van der Waals surface area (Å²) < 4.78 is 32.9. The summed E-state index contributed by atoms with van der Waals surface area (Å²) >= 11 is 0. The van der Waals surface area contributed by atoms with E-state index in [1.165, 1.54) is 16.9 Å². The Balaban J connectivity index is 1.43. The fraction of sp³-hybridized carbons (Fsp3) is 0.111. The molecule has 194 valence electrons. The molecule has 0 spiro atoms. The smallest absolute Gasteiger partial charge is 0.387 e. The molecular weight excluding hydrogens is 506 g/mol. The molecule has 4 aromatic heterocycles. The second-order valence-corrected chi connectivity index (χ2v) is 8.62. The lowest BCUT2D eigenvalue weighted by Gasteiger charge is -2.14. The van der Waals surface area contributed by atoms with Gasteiger partial charge in [0, 0.05) is 35.8 Å². The van der Waals surface area contributed by atoms with Crippen molar-refractivity contribution in [2.24, 2.45) is 0 Å². The van der Waals surface area contributed by atoms with Crippen LogP contribution in [0.1, 0.15) is 11.4 Å². The molecule has 0 amide bonds. The zero-order valence-electron chi connectivity index (χ0n) is 20.3. The number of rotatable bonds is 8. The van der Waals surface area contributed by atoms with E-state index < -0.39 is 6.61 Å². The minimum Gasteiger partial charge on any atom is -0.434 e. The summed E-state index contributed by atoms with van der Waals surface area (Å²) in [5, 5.41) is 12.8. The van der Waals surface area contributed by atoms with Gasteiger partial charge in [0.25, 0.3) is 0 Å². The van der Waals surface area contributed by atoms with Gasteiger partial charge < -0.3 is 14.3 Å². The van der Waals surface area contributed by atoms with E-state index in [1.807, 2.05) is 22.8 Å². The van der Waals surface area contributed by atoms with Crippen LogP contribution in [0.3, 0.4) is 0 Å². The average molecular weight is 527 g/mol. The molecule has 0 bridgehead atoms. The predicted octanol–water partition coefficient (Wildman–Crippen LogP) is 4.14. The molecule has 6 rings (SSSR count). The van der Waals surface area contributed by atoms with Crippen molar-refractivity contribution in [3.05, 3.63) is 107 Å². The van der Waals surface area contributed by atoms with E-state index in [9.17, 15) is 13.6 Å². The first-order valence-corrected chi connectivity index (χ1v) is 11.9. The number of alkyl halides is 2. The van der Waals surface area contributed by atoms with Crippen molar-refractivity contribution in [2.75, 3.05) is 0 Å². The quantitative estimate of drug-likeness (QED) is 0.317. The molecular formula is C27H20F2N8O2. The Kier molecular flexibility index (Phi) is 6.33. The SMILES string of the molecule is O=c1ccc(-c2ccc3nc(Cn4nnc(-c5ccncc5)n4)n(Cc4ccccc4OC(F)F)c3c2)c[nH]1. The average Bonchev–Trinajstić information content (AvgIpc) is 3.55. The predicted molar refractivity (Wildman–Crippen MR) is 138 cm³/mol. The molecule has 2 aromatic carbocycles. The molecule has 39 heavy (non-hydrogen) atoms. The lowest BCUT2D eigenvalue weighted by atomic mass is 10.1. The first-order chi connectivity index (χ1) is 19.0. The van der Waals surface area contributed by atoms with Crippen LogP contribution < -0.4 is 10.3 Å². The Hall–Kier alpha value is -5.26. The Labute approximate surface area is 219 Å². The van der Waals surface area contributed by atoms with Crippen LogP contribution in [0.4, 0.5) is 8.78 Å². The molecule has 0 atom stereocenters. The summed E-state index contributed by atoms with van der Waals surface area (Å²) in [5.41, 5.74) is 4.24. The maximum Gasteiger partial charge on any atom is 0.387 e. The molecule has 10 nitrogen and oxygen atoms in total. The molecule has 6 aromatic rings. The fourth-order valence-electron chi connectivity index (χ4n) is 4.31. The number of ether oxygens (including phenoxy) is 1. The van der Waals surface area contributed by atoms with Crippen molar-refractivity contribution < 1.29 is 13.5 Å². The summed E-state index contributed by atoms with van der Waals surface area (Å²) in [7, 11) is 0. The largest absolute Gasteiger partial charge is 0.434 e. The maximum absolute atomic E-state index is 13.1. The van der Waals surface area contributed by atoms with Gasteiger partial charge in [-0.15, -0.1) is 10.2 Å². The fourth-order valence-corrected chi connectivity index (χ4v) is 4.31. The number of benzene rings is 2. The Morgan fingerprint density at radius 1 is 0.923 bits per heavy atom. The number of para-hydroxylation sites is 1. The topological polar surface area (TPSA) is 116 Å². The van der Waals surface area contributed by atoms with Crippen molar-refractivity contribution in [2.45, 2.75) is 19.7 Å². The number of nitrogens with zero attached hydrogens (tertiary/aromatic N) is 7. The van der Waals surface area contributed by atoms with Crippen LogP contribution in [0, 0.1) is 0 Å². The summed E-state index contributed by atoms with van der Waals surface area (Å²) in [6.07, 6.45) is 4.93. The zero-order chi connectivity index (χ0) is 26.8. The number of tetrazole rings is 1. The van der Waals surface area contributed by atoms with E-state index in [4.69, 9.17) is 9.72 Å².